The quantitative estimate of drug-likeness (QED) is 0.738. The van der Waals surface area contributed by atoms with Crippen LogP contribution in [-0.4, -0.2) is 26.1 Å². The number of fused-ring (bicyclic) bond motifs is 1. The Kier molecular flexibility index (Phi) is 5.14. The van der Waals surface area contributed by atoms with Crippen molar-refractivity contribution in [3.63, 3.8) is 0 Å². The van der Waals surface area contributed by atoms with Crippen molar-refractivity contribution in [1.29, 1.82) is 0 Å². The predicted octanol–water partition coefficient (Wildman–Crippen LogP) is 1.65. The third kappa shape index (κ3) is 3.64. The number of amides is 1. The van der Waals surface area contributed by atoms with E-state index in [1.54, 1.807) is 6.07 Å². The fourth-order valence-corrected chi connectivity index (χ4v) is 3.14. The lowest BCUT2D eigenvalue weighted by Gasteiger charge is -2.15. The lowest BCUT2D eigenvalue weighted by molar-refractivity contribution is 0.0935. The van der Waals surface area contributed by atoms with E-state index in [2.05, 4.69) is 10.3 Å². The zero-order valence-electron chi connectivity index (χ0n) is 15.2. The van der Waals surface area contributed by atoms with Crippen molar-refractivity contribution in [2.75, 3.05) is 0 Å². The lowest BCUT2D eigenvalue weighted by Crippen LogP contribution is -2.38. The number of nitrogens with one attached hydrogen (secondary N) is 1. The first-order valence-electron chi connectivity index (χ1n) is 8.40. The number of hydrogen-bond acceptors (Lipinski definition) is 4. The molecule has 0 aliphatic carbocycles. The molecule has 0 unspecified atom stereocenters. The van der Waals surface area contributed by atoms with Crippen molar-refractivity contribution in [3.05, 3.63) is 73.5 Å². The second-order valence-electron chi connectivity index (χ2n) is 6.44. The van der Waals surface area contributed by atoms with Gasteiger partial charge in [-0.2, -0.15) is 0 Å². The van der Waals surface area contributed by atoms with Gasteiger partial charge in [-0.15, -0.1) is 0 Å². The van der Waals surface area contributed by atoms with Gasteiger partial charge in [0.15, 0.2) is 0 Å². The average molecular weight is 387 g/mol. The molecule has 3 aromatic rings. The summed E-state index contributed by atoms with van der Waals surface area (Å²) in [6, 6.07) is 10.3. The number of hydrogen-bond donors (Lipinski definition) is 1. The number of benzene rings is 1. The fraction of sp³-hybridized carbons (Fsp3) is 0.263. The summed E-state index contributed by atoms with van der Waals surface area (Å²) in [6.07, 6.45) is 0.567. The van der Waals surface area contributed by atoms with Crippen molar-refractivity contribution in [3.8, 4) is 0 Å². The third-order valence-corrected chi connectivity index (χ3v) is 4.76. The summed E-state index contributed by atoms with van der Waals surface area (Å²) < 4.78 is 2.26. The van der Waals surface area contributed by atoms with Crippen molar-refractivity contribution in [1.82, 2.24) is 19.4 Å². The highest BCUT2D eigenvalue weighted by Crippen LogP contribution is 2.16. The summed E-state index contributed by atoms with van der Waals surface area (Å²) in [6.45, 7) is 1.87. The Labute approximate surface area is 160 Å². The molecule has 2 aromatic heterocycles. The molecule has 7 nitrogen and oxygen atoms in total. The predicted molar refractivity (Wildman–Crippen MR) is 104 cm³/mol. The number of nitrogens with zero attached hydrogens (tertiary/aromatic N) is 3. The zero-order chi connectivity index (χ0) is 19.7. The number of carbonyl (C=O) groups excluding carboxylic acids is 1. The van der Waals surface area contributed by atoms with Gasteiger partial charge in [0, 0.05) is 25.2 Å². The van der Waals surface area contributed by atoms with Crippen LogP contribution in [0.3, 0.4) is 0 Å². The van der Waals surface area contributed by atoms with E-state index in [0.717, 1.165) is 10.1 Å². The molecule has 0 spiro atoms. The SMILES string of the molecule is C[C@@H](Cc1ccccc1Cl)NC(=O)c1ccc2c(=O)n(C)c(=O)n(C)c2n1. The van der Waals surface area contributed by atoms with Crippen molar-refractivity contribution < 1.29 is 4.79 Å². The highest BCUT2D eigenvalue weighted by atomic mass is 35.5. The maximum Gasteiger partial charge on any atom is 0.332 e. The monoisotopic (exact) mass is 386 g/mol. The molecular weight excluding hydrogens is 368 g/mol. The van der Waals surface area contributed by atoms with E-state index in [1.807, 2.05) is 25.1 Å². The molecule has 140 valence electrons. The lowest BCUT2D eigenvalue weighted by atomic mass is 10.1. The number of aromatic nitrogens is 3. The summed E-state index contributed by atoms with van der Waals surface area (Å²) in [5.74, 6) is -0.385. The fourth-order valence-electron chi connectivity index (χ4n) is 2.92. The van der Waals surface area contributed by atoms with Crippen LogP contribution in [0.4, 0.5) is 0 Å². The van der Waals surface area contributed by atoms with E-state index < -0.39 is 11.2 Å². The van der Waals surface area contributed by atoms with Crippen LogP contribution in [0.15, 0.2) is 46.0 Å². The molecule has 0 aliphatic rings. The van der Waals surface area contributed by atoms with Gasteiger partial charge in [-0.25, -0.2) is 9.78 Å². The van der Waals surface area contributed by atoms with Crippen LogP contribution in [0.25, 0.3) is 11.0 Å². The molecule has 0 radical (unpaired) electrons. The second kappa shape index (κ2) is 7.36. The highest BCUT2D eigenvalue weighted by molar-refractivity contribution is 6.31. The Morgan fingerprint density at radius 2 is 1.85 bits per heavy atom. The van der Waals surface area contributed by atoms with Crippen molar-refractivity contribution >= 4 is 28.5 Å². The molecular formula is C19H19ClN4O3. The molecule has 1 aromatic carbocycles. The topological polar surface area (TPSA) is 86.0 Å². The Hall–Kier alpha value is -2.93. The molecule has 0 fully saturated rings. The van der Waals surface area contributed by atoms with Gasteiger partial charge in [0.05, 0.1) is 5.39 Å². The van der Waals surface area contributed by atoms with Gasteiger partial charge in [-0.1, -0.05) is 29.8 Å². The Balaban J connectivity index is 1.87. The molecule has 1 amide bonds. The van der Waals surface area contributed by atoms with Crippen LogP contribution < -0.4 is 16.6 Å². The number of carbonyl (C=O) groups is 1. The maximum atomic E-state index is 12.5. The van der Waals surface area contributed by atoms with Crippen LogP contribution in [0.5, 0.6) is 0 Å². The first kappa shape index (κ1) is 18.8. The second-order valence-corrected chi connectivity index (χ2v) is 6.85. The third-order valence-electron chi connectivity index (χ3n) is 4.40. The van der Waals surface area contributed by atoms with E-state index in [1.165, 1.54) is 30.8 Å². The number of pyridine rings is 1. The summed E-state index contributed by atoms with van der Waals surface area (Å²) in [7, 11) is 2.92. The molecule has 1 atom stereocenters. The van der Waals surface area contributed by atoms with Crippen LogP contribution in [0, 0.1) is 0 Å². The minimum absolute atomic E-state index is 0.136. The van der Waals surface area contributed by atoms with Gasteiger partial charge in [-0.05, 0) is 37.1 Å². The molecule has 1 N–H and O–H groups in total. The zero-order valence-corrected chi connectivity index (χ0v) is 15.9. The van der Waals surface area contributed by atoms with Crippen LogP contribution >= 0.6 is 11.6 Å². The highest BCUT2D eigenvalue weighted by Gasteiger charge is 2.16. The van der Waals surface area contributed by atoms with Gasteiger partial charge in [0.1, 0.15) is 11.3 Å². The normalized spacial score (nSPS) is 12.1. The molecule has 3 rings (SSSR count). The molecule has 0 saturated carbocycles. The van der Waals surface area contributed by atoms with Gasteiger partial charge in [-0.3, -0.25) is 18.7 Å². The standard InChI is InChI=1S/C19H19ClN4O3/c1-11(10-12-6-4-5-7-14(12)20)21-17(25)15-9-8-13-16(22-15)23(2)19(27)24(3)18(13)26/h4-9,11H,10H2,1-3H3,(H,21,25)/t11-/m0/s1. The van der Waals surface area contributed by atoms with Crippen LogP contribution in [0.2, 0.25) is 5.02 Å². The van der Waals surface area contributed by atoms with E-state index in [-0.39, 0.29) is 28.7 Å². The van der Waals surface area contributed by atoms with Crippen molar-refractivity contribution in [2.24, 2.45) is 14.1 Å². The Morgan fingerprint density at radius 1 is 1.15 bits per heavy atom. The maximum absolute atomic E-state index is 12.5. The molecule has 0 saturated heterocycles. The average Bonchev–Trinajstić information content (AvgIpc) is 2.66. The van der Waals surface area contributed by atoms with Gasteiger partial charge >= 0.3 is 5.69 Å². The Bertz CT molecular complexity index is 1150. The number of rotatable bonds is 4. The number of aryl methyl sites for hydroxylation is 1. The van der Waals surface area contributed by atoms with Gasteiger partial charge in [0.2, 0.25) is 0 Å². The summed E-state index contributed by atoms with van der Waals surface area (Å²) in [5, 5.41) is 3.79. The largest absolute Gasteiger partial charge is 0.348 e. The van der Waals surface area contributed by atoms with Crippen LogP contribution in [0.1, 0.15) is 23.0 Å². The van der Waals surface area contributed by atoms with E-state index in [0.29, 0.717) is 11.4 Å². The molecule has 27 heavy (non-hydrogen) atoms. The molecule has 0 bridgehead atoms. The first-order valence-corrected chi connectivity index (χ1v) is 8.78. The minimum Gasteiger partial charge on any atom is -0.348 e. The van der Waals surface area contributed by atoms with Gasteiger partial charge < -0.3 is 5.32 Å². The van der Waals surface area contributed by atoms with Crippen LogP contribution in [-0.2, 0) is 20.5 Å². The van der Waals surface area contributed by atoms with Gasteiger partial charge in [0.25, 0.3) is 11.5 Å². The Morgan fingerprint density at radius 3 is 2.56 bits per heavy atom. The molecule has 8 heteroatoms. The van der Waals surface area contributed by atoms with E-state index >= 15 is 0 Å². The van der Waals surface area contributed by atoms with Crippen molar-refractivity contribution in [2.45, 2.75) is 19.4 Å². The molecule has 2 heterocycles. The summed E-state index contributed by atoms with van der Waals surface area (Å²) in [4.78, 5) is 41.0. The minimum atomic E-state index is -0.496. The summed E-state index contributed by atoms with van der Waals surface area (Å²) >= 11 is 6.16. The van der Waals surface area contributed by atoms with E-state index in [9.17, 15) is 14.4 Å². The molecule has 0 aliphatic heterocycles. The van der Waals surface area contributed by atoms with E-state index in [4.69, 9.17) is 11.6 Å². The summed E-state index contributed by atoms with van der Waals surface area (Å²) in [5.41, 5.74) is 0.305. The number of halogens is 1. The first-order chi connectivity index (χ1) is 12.8. The smallest absolute Gasteiger partial charge is 0.332 e.